The molecule has 0 aliphatic heterocycles. The molecule has 70 heavy (non-hydrogen) atoms. The molecule has 4 radical (unpaired) electrons. The van der Waals surface area contributed by atoms with E-state index in [0.29, 0.717) is 0 Å². The molecule has 418 valence electrons. The quantitative estimate of drug-likeness (QED) is 0.0203. The summed E-state index contributed by atoms with van der Waals surface area (Å²) in [5, 5.41) is 0. The maximum absolute atomic E-state index is 11.3. The van der Waals surface area contributed by atoms with Crippen molar-refractivity contribution >= 4 is 67.1 Å². The standard InChI is InChI=1S/C12H19O8P.C11H17O8P.C6H11O6P.C5H11O6P.4Cu/c1-9(2)11(13)17-5-7-19-21(15,16)20-8-6-18-12(14)10(3)4;1-4-10(12)16-5-7-18-20(14,15)19-8-6-17-11(13)9(2)3;1-5(2)6(7)11-3-4-12-13(8,9)10;1-2-5(6)10-3-4-11-12(7,8)9;;;;/h1,3,5-8H2,2,4H3,(H,15,16);4H,1-2,5-8H2,3H3,(H,14,15);1,3-4H2,2H3,(H2,8,9,10);2-4H2,1H3,(H2,7,8,9);;;;/q;;;;4*+2/p-6. The molecule has 0 N–H and O–H groups in total. The van der Waals surface area contributed by atoms with E-state index < -0.39 is 80.3 Å². The largest absolute Gasteiger partial charge is 2.00 e. The van der Waals surface area contributed by atoms with Crippen LogP contribution in [0, 0.1) is 0 Å². The minimum absolute atomic E-state index is 0. The molecule has 0 aromatic rings. The smallest absolute Gasteiger partial charge is 0.790 e. The summed E-state index contributed by atoms with van der Waals surface area (Å²) in [6.07, 6.45) is 1.13. The Kier molecular flexibility index (Phi) is 58.2. The van der Waals surface area contributed by atoms with Crippen LogP contribution in [0.3, 0.4) is 0 Å². The summed E-state index contributed by atoms with van der Waals surface area (Å²) in [6.45, 7) is 19.9. The van der Waals surface area contributed by atoms with Crippen LogP contribution in [0.1, 0.15) is 41.0 Å². The van der Waals surface area contributed by atoms with E-state index in [1.165, 1.54) is 27.7 Å². The summed E-state index contributed by atoms with van der Waals surface area (Å²) < 4.78 is 94.6. The van der Waals surface area contributed by atoms with Gasteiger partial charge in [0.25, 0.3) is 15.6 Å². The summed E-state index contributed by atoms with van der Waals surface area (Å²) in [6, 6.07) is 0. The molecule has 0 aromatic heterocycles. The zero-order valence-corrected chi connectivity index (χ0v) is 45.1. The topological polar surface area (TPSA) is 420 Å². The second-order valence-electron chi connectivity index (χ2n) is 11.4. The van der Waals surface area contributed by atoms with Crippen LogP contribution in [0.4, 0.5) is 0 Å². The van der Waals surface area contributed by atoms with Gasteiger partial charge >= 0.3 is 104 Å². The second-order valence-corrected chi connectivity index (χ2v) is 16.5. The third-order valence-electron chi connectivity index (χ3n) is 5.29. The molecule has 0 bridgehead atoms. The molecular weight excluding hydrogens is 1230 g/mol. The Balaban J connectivity index is -0.000000123. The van der Waals surface area contributed by atoms with Crippen molar-refractivity contribution in [2.45, 2.75) is 41.0 Å². The minimum atomic E-state index is -4.96. The first-order chi connectivity index (χ1) is 30.2. The van der Waals surface area contributed by atoms with Crippen LogP contribution < -0.4 is 29.4 Å². The number of hydrogen-bond donors (Lipinski definition) is 0. The van der Waals surface area contributed by atoms with E-state index in [0.717, 1.165) is 6.08 Å². The van der Waals surface area contributed by atoms with Crippen molar-refractivity contribution in [1.82, 2.24) is 0 Å². The average molecular weight is 1290 g/mol. The van der Waals surface area contributed by atoms with Gasteiger partial charge in [0.15, 0.2) is 0 Å². The monoisotopic (exact) mass is 1280 g/mol. The number of phosphoric ester groups is 4. The molecular formula is C34H52Cu4O28P4+2. The molecule has 0 saturated carbocycles. The van der Waals surface area contributed by atoms with Crippen LogP contribution in [0.25, 0.3) is 0 Å². The molecule has 1 unspecified atom stereocenters. The van der Waals surface area contributed by atoms with Crippen LogP contribution in [0.2, 0.25) is 0 Å². The fourth-order valence-electron chi connectivity index (χ4n) is 2.46. The number of carbonyl (C=O) groups excluding carboxylic acids is 6. The summed E-state index contributed by atoms with van der Waals surface area (Å²) in [5.74, 6) is -3.76. The molecule has 0 rings (SSSR count). The van der Waals surface area contributed by atoms with Crippen molar-refractivity contribution in [2.75, 3.05) is 79.3 Å². The first-order valence-electron chi connectivity index (χ1n) is 18.0. The van der Waals surface area contributed by atoms with Gasteiger partial charge in [0, 0.05) is 34.8 Å². The van der Waals surface area contributed by atoms with E-state index in [1.54, 1.807) is 6.92 Å². The Hall–Kier alpha value is -1.96. The third kappa shape index (κ3) is 64.1. The maximum atomic E-state index is 11.3. The van der Waals surface area contributed by atoms with E-state index in [1.807, 2.05) is 0 Å². The van der Waals surface area contributed by atoms with E-state index in [4.69, 9.17) is 0 Å². The predicted octanol–water partition coefficient (Wildman–Crippen LogP) is -1.21. The molecule has 0 heterocycles. The minimum Gasteiger partial charge on any atom is -0.790 e. The summed E-state index contributed by atoms with van der Waals surface area (Å²) in [4.78, 5) is 127. The van der Waals surface area contributed by atoms with Gasteiger partial charge in [-0.15, -0.1) is 0 Å². The van der Waals surface area contributed by atoms with Gasteiger partial charge in [-0.3, -0.25) is 13.9 Å². The summed E-state index contributed by atoms with van der Waals surface area (Å²) in [7, 11) is -19.0. The van der Waals surface area contributed by atoms with Gasteiger partial charge in [-0.1, -0.05) is 39.8 Å². The van der Waals surface area contributed by atoms with E-state index in [2.05, 4.69) is 88.5 Å². The van der Waals surface area contributed by atoms with Crippen LogP contribution in [0.15, 0.2) is 61.3 Å². The van der Waals surface area contributed by atoms with E-state index >= 15 is 0 Å². The zero-order chi connectivity index (χ0) is 52.2. The predicted molar refractivity (Wildman–Crippen MR) is 212 cm³/mol. The number of esters is 6. The molecule has 36 heteroatoms. The van der Waals surface area contributed by atoms with Gasteiger partial charge in [0.1, 0.15) is 39.6 Å². The molecule has 0 fully saturated rings. The van der Waals surface area contributed by atoms with Crippen LogP contribution in [-0.4, -0.2) is 115 Å². The number of phosphoric acid groups is 4. The molecule has 0 spiro atoms. The Morgan fingerprint density at radius 3 is 0.814 bits per heavy atom. The number of ether oxygens (including phenoxy) is 6. The molecule has 0 amide bonds. The van der Waals surface area contributed by atoms with Crippen molar-refractivity contribution in [3.63, 3.8) is 0 Å². The molecule has 28 nitrogen and oxygen atoms in total. The maximum Gasteiger partial charge on any atom is 2.00 e. The van der Waals surface area contributed by atoms with Crippen LogP contribution in [-0.2, 0) is 171 Å². The fourth-order valence-corrected chi connectivity index (χ4v) is 4.40. The normalized spacial score (nSPS) is 11.0. The first kappa shape index (κ1) is 84.8. The van der Waals surface area contributed by atoms with Gasteiger partial charge < -0.3 is 94.1 Å². The van der Waals surface area contributed by atoms with E-state index in [-0.39, 0.29) is 163 Å². The molecule has 1 atom stereocenters. The van der Waals surface area contributed by atoms with Crippen molar-refractivity contribution in [2.24, 2.45) is 0 Å². The van der Waals surface area contributed by atoms with Crippen molar-refractivity contribution in [3.8, 4) is 0 Å². The Morgan fingerprint density at radius 1 is 0.400 bits per heavy atom. The van der Waals surface area contributed by atoms with Gasteiger partial charge in [0.05, 0.1) is 55.3 Å². The molecule has 0 saturated heterocycles. The molecule has 0 aliphatic rings. The molecule has 0 aliphatic carbocycles. The average Bonchev–Trinajstić information content (AvgIpc) is 3.20. The fraction of sp³-hybridized carbons (Fsp3) is 0.529. The Morgan fingerprint density at radius 2 is 0.614 bits per heavy atom. The number of rotatable bonds is 30. The number of hydrogen-bond acceptors (Lipinski definition) is 28. The van der Waals surface area contributed by atoms with Crippen molar-refractivity contribution < 1.29 is 200 Å². The zero-order valence-electron chi connectivity index (χ0n) is 37.7. The SMILES string of the molecule is C=C(C)C(=O)OCCOP(=O)([O-])OCCOC(=O)C(=C)C.C=C(C)C(=O)OCCOP(=O)([O-])[O-].C=CC(=O)OCCOP(=O)([O-])OCCOC(=O)C(=C)C.CCC(=O)OCCOP(=O)([O-])[O-].[Cu+2].[Cu+2].[Cu+2].[Cu+2]. The first-order valence-corrected chi connectivity index (χ1v) is 23.8. The Labute approximate surface area is 446 Å². The van der Waals surface area contributed by atoms with Crippen LogP contribution in [0.5, 0.6) is 0 Å². The molecule has 0 aromatic carbocycles. The van der Waals surface area contributed by atoms with Gasteiger partial charge in [0.2, 0.25) is 0 Å². The Bertz CT molecular complexity index is 1780. The summed E-state index contributed by atoms with van der Waals surface area (Å²) >= 11 is 0. The van der Waals surface area contributed by atoms with Gasteiger partial charge in [-0.05, 0) is 27.7 Å². The van der Waals surface area contributed by atoms with Crippen LogP contribution >= 0.6 is 31.3 Å². The van der Waals surface area contributed by atoms with Crippen molar-refractivity contribution in [1.29, 1.82) is 0 Å². The summed E-state index contributed by atoms with van der Waals surface area (Å²) in [5.41, 5.74) is 0.759. The third-order valence-corrected chi connectivity index (χ3v) is 8.28. The number of carbonyl (C=O) groups is 6. The van der Waals surface area contributed by atoms with E-state index in [9.17, 15) is 76.4 Å². The van der Waals surface area contributed by atoms with Gasteiger partial charge in [-0.25, -0.2) is 24.0 Å². The van der Waals surface area contributed by atoms with Gasteiger partial charge in [-0.2, -0.15) is 0 Å². The second kappa shape index (κ2) is 48.0. The van der Waals surface area contributed by atoms with Crippen molar-refractivity contribution in [3.05, 3.63) is 61.3 Å².